The normalized spacial score (nSPS) is 12.0. The molecule has 0 atom stereocenters. The highest BCUT2D eigenvalue weighted by molar-refractivity contribution is 7.92. The second kappa shape index (κ2) is 6.29. The standard InChI is InChI=1S/C14H11ClF3NO3S/c1-9-5-7-10(8-6-9)23(20,21)19-12-4-2-3-11(15)13(12)22-14(16,17)18/h2-8,19H,1H3. The van der Waals surface area contributed by atoms with E-state index in [0.29, 0.717) is 0 Å². The lowest BCUT2D eigenvalue weighted by atomic mass is 10.2. The Labute approximate surface area is 135 Å². The summed E-state index contributed by atoms with van der Waals surface area (Å²) in [4.78, 5) is -0.0963. The second-order valence-corrected chi connectivity index (χ2v) is 6.67. The van der Waals surface area contributed by atoms with E-state index in [1.165, 1.54) is 18.2 Å². The number of aryl methyl sites for hydroxylation is 1. The topological polar surface area (TPSA) is 55.4 Å². The number of hydrogen-bond acceptors (Lipinski definition) is 3. The van der Waals surface area contributed by atoms with Gasteiger partial charge in [0.2, 0.25) is 0 Å². The number of benzene rings is 2. The van der Waals surface area contributed by atoms with Crippen molar-refractivity contribution in [3.63, 3.8) is 0 Å². The molecule has 0 radical (unpaired) electrons. The van der Waals surface area contributed by atoms with Crippen molar-refractivity contribution in [3.8, 4) is 5.75 Å². The van der Waals surface area contributed by atoms with E-state index in [1.54, 1.807) is 19.1 Å². The van der Waals surface area contributed by atoms with Crippen molar-refractivity contribution < 1.29 is 26.3 Å². The van der Waals surface area contributed by atoms with Gasteiger partial charge in [-0.3, -0.25) is 4.72 Å². The average Bonchev–Trinajstić information content (AvgIpc) is 2.42. The van der Waals surface area contributed by atoms with Gasteiger partial charge in [-0.15, -0.1) is 13.2 Å². The van der Waals surface area contributed by atoms with Gasteiger partial charge in [-0.05, 0) is 31.2 Å². The van der Waals surface area contributed by atoms with Gasteiger partial charge in [-0.1, -0.05) is 35.4 Å². The first-order chi connectivity index (χ1) is 10.6. The van der Waals surface area contributed by atoms with Crippen molar-refractivity contribution in [1.29, 1.82) is 0 Å². The van der Waals surface area contributed by atoms with Gasteiger partial charge in [0.25, 0.3) is 10.0 Å². The quantitative estimate of drug-likeness (QED) is 0.876. The van der Waals surface area contributed by atoms with Crippen LogP contribution >= 0.6 is 11.6 Å². The molecule has 2 aromatic rings. The second-order valence-electron chi connectivity index (χ2n) is 4.58. The molecule has 0 aliphatic carbocycles. The van der Waals surface area contributed by atoms with Crippen LogP contribution in [0.1, 0.15) is 5.56 Å². The SMILES string of the molecule is Cc1ccc(S(=O)(=O)Nc2cccc(Cl)c2OC(F)(F)F)cc1. The van der Waals surface area contributed by atoms with E-state index in [9.17, 15) is 21.6 Å². The molecule has 2 rings (SSSR count). The van der Waals surface area contributed by atoms with Crippen molar-refractivity contribution >= 4 is 27.3 Å². The minimum Gasteiger partial charge on any atom is -0.402 e. The van der Waals surface area contributed by atoms with E-state index in [-0.39, 0.29) is 9.92 Å². The molecule has 0 aromatic heterocycles. The summed E-state index contributed by atoms with van der Waals surface area (Å²) in [5.74, 6) is -0.808. The molecule has 0 spiro atoms. The molecule has 0 fully saturated rings. The number of nitrogens with one attached hydrogen (secondary N) is 1. The number of sulfonamides is 1. The van der Waals surface area contributed by atoms with Gasteiger partial charge in [0.05, 0.1) is 15.6 Å². The number of halogens is 4. The molecule has 0 aliphatic rings. The Morgan fingerprint density at radius 2 is 1.70 bits per heavy atom. The highest BCUT2D eigenvalue weighted by Crippen LogP contribution is 2.37. The zero-order valence-electron chi connectivity index (χ0n) is 11.7. The zero-order valence-corrected chi connectivity index (χ0v) is 13.3. The van der Waals surface area contributed by atoms with Gasteiger partial charge < -0.3 is 4.74 Å². The van der Waals surface area contributed by atoms with Crippen LogP contribution in [0.25, 0.3) is 0 Å². The Bertz CT molecular complexity index is 805. The summed E-state index contributed by atoms with van der Waals surface area (Å²) in [7, 11) is -4.08. The number of anilines is 1. The maximum atomic E-state index is 12.4. The first-order valence-electron chi connectivity index (χ1n) is 6.22. The molecule has 0 bridgehead atoms. The third-order valence-electron chi connectivity index (χ3n) is 2.76. The molecule has 23 heavy (non-hydrogen) atoms. The van der Waals surface area contributed by atoms with Crippen LogP contribution in [-0.2, 0) is 10.0 Å². The van der Waals surface area contributed by atoms with Crippen LogP contribution in [0.5, 0.6) is 5.75 Å². The molecule has 124 valence electrons. The number of para-hydroxylation sites is 1. The summed E-state index contributed by atoms with van der Waals surface area (Å²) in [6, 6.07) is 9.40. The van der Waals surface area contributed by atoms with Crippen LogP contribution in [0.2, 0.25) is 5.02 Å². The summed E-state index contributed by atoms with van der Waals surface area (Å²) in [5, 5.41) is -0.369. The van der Waals surface area contributed by atoms with Crippen LogP contribution in [-0.4, -0.2) is 14.8 Å². The lowest BCUT2D eigenvalue weighted by molar-refractivity contribution is -0.274. The Kier molecular flexibility index (Phi) is 4.76. The van der Waals surface area contributed by atoms with Gasteiger partial charge in [0.1, 0.15) is 0 Å². The Balaban J connectivity index is 2.39. The minimum absolute atomic E-state index is 0.0963. The van der Waals surface area contributed by atoms with Gasteiger partial charge in [-0.2, -0.15) is 0 Å². The van der Waals surface area contributed by atoms with Crippen LogP contribution in [0, 0.1) is 6.92 Å². The van der Waals surface area contributed by atoms with Gasteiger partial charge >= 0.3 is 6.36 Å². The Morgan fingerprint density at radius 3 is 2.26 bits per heavy atom. The predicted molar refractivity (Wildman–Crippen MR) is 80.1 cm³/mol. The van der Waals surface area contributed by atoms with E-state index in [2.05, 4.69) is 4.74 Å². The van der Waals surface area contributed by atoms with Crippen LogP contribution in [0.4, 0.5) is 18.9 Å². The monoisotopic (exact) mass is 365 g/mol. The fraction of sp³-hybridized carbons (Fsp3) is 0.143. The van der Waals surface area contributed by atoms with E-state index >= 15 is 0 Å². The lowest BCUT2D eigenvalue weighted by Gasteiger charge is -2.16. The summed E-state index contributed by atoms with van der Waals surface area (Å²) in [5.41, 5.74) is 0.434. The molecule has 0 unspecified atom stereocenters. The number of rotatable bonds is 4. The van der Waals surface area contributed by atoms with Gasteiger partial charge in [0, 0.05) is 0 Å². The number of alkyl halides is 3. The van der Waals surface area contributed by atoms with E-state index in [1.807, 2.05) is 4.72 Å². The first kappa shape index (κ1) is 17.4. The summed E-state index contributed by atoms with van der Waals surface area (Å²) >= 11 is 5.67. The average molecular weight is 366 g/mol. The fourth-order valence-electron chi connectivity index (χ4n) is 1.73. The Morgan fingerprint density at radius 1 is 1.09 bits per heavy atom. The third-order valence-corrected chi connectivity index (χ3v) is 4.44. The summed E-state index contributed by atoms with van der Waals surface area (Å²) < 4.78 is 67.7. The molecule has 0 heterocycles. The first-order valence-corrected chi connectivity index (χ1v) is 8.08. The van der Waals surface area contributed by atoms with Gasteiger partial charge in [-0.25, -0.2) is 8.42 Å². The molecule has 0 aliphatic heterocycles. The number of ether oxygens (including phenoxy) is 1. The molecule has 2 aromatic carbocycles. The van der Waals surface area contributed by atoms with E-state index in [0.717, 1.165) is 17.7 Å². The number of hydrogen-bond donors (Lipinski definition) is 1. The lowest BCUT2D eigenvalue weighted by Crippen LogP contribution is -2.20. The molecule has 0 saturated heterocycles. The van der Waals surface area contributed by atoms with Crippen molar-refractivity contribution in [3.05, 3.63) is 53.1 Å². The zero-order chi connectivity index (χ0) is 17.3. The maximum Gasteiger partial charge on any atom is 0.573 e. The fourth-order valence-corrected chi connectivity index (χ4v) is 3.01. The minimum atomic E-state index is -5.00. The van der Waals surface area contributed by atoms with Gasteiger partial charge in [0.15, 0.2) is 5.75 Å². The van der Waals surface area contributed by atoms with Crippen LogP contribution in [0.3, 0.4) is 0 Å². The molecule has 0 saturated carbocycles. The van der Waals surface area contributed by atoms with Crippen molar-refractivity contribution in [2.75, 3.05) is 4.72 Å². The largest absolute Gasteiger partial charge is 0.573 e. The van der Waals surface area contributed by atoms with Crippen LogP contribution in [0.15, 0.2) is 47.4 Å². The smallest absolute Gasteiger partial charge is 0.402 e. The van der Waals surface area contributed by atoms with Crippen molar-refractivity contribution in [2.45, 2.75) is 18.2 Å². The predicted octanol–water partition coefficient (Wildman–Crippen LogP) is 4.35. The third kappa shape index (κ3) is 4.52. The van der Waals surface area contributed by atoms with E-state index < -0.39 is 27.8 Å². The molecule has 4 nitrogen and oxygen atoms in total. The molecule has 9 heteroatoms. The molecule has 0 amide bonds. The Hall–Kier alpha value is -1.93. The van der Waals surface area contributed by atoms with E-state index in [4.69, 9.17) is 11.6 Å². The van der Waals surface area contributed by atoms with Crippen molar-refractivity contribution in [1.82, 2.24) is 0 Å². The highest BCUT2D eigenvalue weighted by atomic mass is 35.5. The molecular weight excluding hydrogens is 355 g/mol. The highest BCUT2D eigenvalue weighted by Gasteiger charge is 2.33. The summed E-state index contributed by atoms with van der Waals surface area (Å²) in [6.45, 7) is 1.77. The summed E-state index contributed by atoms with van der Waals surface area (Å²) in [6.07, 6.45) is -5.00. The van der Waals surface area contributed by atoms with Crippen LogP contribution < -0.4 is 9.46 Å². The maximum absolute atomic E-state index is 12.4. The van der Waals surface area contributed by atoms with Crippen molar-refractivity contribution in [2.24, 2.45) is 0 Å². The molecule has 1 N–H and O–H groups in total. The molecular formula is C14H11ClF3NO3S.